The Morgan fingerprint density at radius 3 is 2.41 bits per heavy atom. The standard InChI is InChI=1S/C28H36FNO2/c1-2-21-8-12-23(13-9-21)24-14-16-25(17-15-24)28(31)32-27-18-10-22(11-19-27)6-4-3-5-7-26(29)20-30/h3,5,7-9,12-13,22,24-25,27H,2,4,6,10-11,14-19H2,1H3. The van der Waals surface area contributed by atoms with Crippen molar-refractivity contribution in [1.29, 1.82) is 5.26 Å². The quantitative estimate of drug-likeness (QED) is 0.243. The second-order valence-electron chi connectivity index (χ2n) is 9.36. The van der Waals surface area contributed by atoms with Gasteiger partial charge >= 0.3 is 5.97 Å². The minimum absolute atomic E-state index is 0.0162. The number of nitriles is 1. The molecule has 4 heteroatoms. The van der Waals surface area contributed by atoms with E-state index in [1.807, 2.05) is 6.08 Å². The van der Waals surface area contributed by atoms with Crippen molar-refractivity contribution in [2.75, 3.05) is 0 Å². The molecule has 1 aromatic rings. The molecule has 1 aromatic carbocycles. The summed E-state index contributed by atoms with van der Waals surface area (Å²) in [6.07, 6.45) is 15.9. The van der Waals surface area contributed by atoms with E-state index in [1.54, 1.807) is 6.08 Å². The molecular formula is C28H36FNO2. The molecule has 2 saturated carbocycles. The van der Waals surface area contributed by atoms with Crippen LogP contribution in [0, 0.1) is 23.2 Å². The lowest BCUT2D eigenvalue weighted by Crippen LogP contribution is -2.29. The number of rotatable bonds is 8. The van der Waals surface area contributed by atoms with Crippen LogP contribution < -0.4 is 0 Å². The Kier molecular flexibility index (Phi) is 9.53. The number of allylic oxidation sites excluding steroid dienone is 4. The number of halogens is 1. The number of carbonyl (C=O) groups excluding carboxylic acids is 1. The van der Waals surface area contributed by atoms with Gasteiger partial charge in [0.1, 0.15) is 12.2 Å². The molecule has 0 bridgehead atoms. The lowest BCUT2D eigenvalue weighted by molar-refractivity contribution is -0.157. The minimum atomic E-state index is -0.761. The first-order valence-electron chi connectivity index (χ1n) is 12.3. The Balaban J connectivity index is 1.33. The predicted octanol–water partition coefficient (Wildman–Crippen LogP) is 7.34. The summed E-state index contributed by atoms with van der Waals surface area (Å²) in [5, 5.41) is 8.38. The molecule has 0 aromatic heterocycles. The maximum atomic E-state index is 12.7. The maximum absolute atomic E-state index is 12.7. The van der Waals surface area contributed by atoms with Gasteiger partial charge in [-0.25, -0.2) is 0 Å². The summed E-state index contributed by atoms with van der Waals surface area (Å²) in [5.74, 6) is 0.520. The van der Waals surface area contributed by atoms with Gasteiger partial charge in [0.15, 0.2) is 5.83 Å². The number of benzene rings is 1. The van der Waals surface area contributed by atoms with Crippen LogP contribution >= 0.6 is 0 Å². The smallest absolute Gasteiger partial charge is 0.309 e. The zero-order valence-corrected chi connectivity index (χ0v) is 19.3. The van der Waals surface area contributed by atoms with Crippen molar-refractivity contribution in [2.45, 2.75) is 89.6 Å². The molecule has 2 aliphatic carbocycles. The number of ether oxygens (including phenoxy) is 1. The first-order valence-corrected chi connectivity index (χ1v) is 12.3. The Bertz CT molecular complexity index is 820. The van der Waals surface area contributed by atoms with Crippen molar-refractivity contribution >= 4 is 5.97 Å². The molecule has 32 heavy (non-hydrogen) atoms. The highest BCUT2D eigenvalue weighted by molar-refractivity contribution is 5.72. The Morgan fingerprint density at radius 2 is 1.78 bits per heavy atom. The summed E-state index contributed by atoms with van der Waals surface area (Å²) in [7, 11) is 0. The average molecular weight is 438 g/mol. The van der Waals surface area contributed by atoms with Gasteiger partial charge in [0.25, 0.3) is 0 Å². The molecular weight excluding hydrogens is 401 g/mol. The van der Waals surface area contributed by atoms with Crippen molar-refractivity contribution in [3.05, 3.63) is 59.4 Å². The van der Waals surface area contributed by atoms with Crippen LogP contribution in [0.4, 0.5) is 4.39 Å². The molecule has 0 radical (unpaired) electrons. The minimum Gasteiger partial charge on any atom is -0.462 e. The topological polar surface area (TPSA) is 50.1 Å². The van der Waals surface area contributed by atoms with Crippen molar-refractivity contribution in [3.8, 4) is 6.07 Å². The van der Waals surface area contributed by atoms with E-state index in [2.05, 4.69) is 31.2 Å². The van der Waals surface area contributed by atoms with E-state index in [9.17, 15) is 9.18 Å². The van der Waals surface area contributed by atoms with Crippen LogP contribution in [0.15, 0.2) is 48.3 Å². The van der Waals surface area contributed by atoms with Crippen LogP contribution in [0.1, 0.15) is 88.2 Å². The van der Waals surface area contributed by atoms with Gasteiger partial charge < -0.3 is 4.74 Å². The van der Waals surface area contributed by atoms with Crippen molar-refractivity contribution in [3.63, 3.8) is 0 Å². The number of nitrogens with zero attached hydrogens (tertiary/aromatic N) is 1. The lowest BCUT2D eigenvalue weighted by Gasteiger charge is -2.31. The molecule has 0 unspecified atom stereocenters. The predicted molar refractivity (Wildman–Crippen MR) is 126 cm³/mol. The van der Waals surface area contributed by atoms with Gasteiger partial charge in [-0.05, 0) is 99.7 Å². The van der Waals surface area contributed by atoms with Gasteiger partial charge in [-0.1, -0.05) is 43.3 Å². The van der Waals surface area contributed by atoms with E-state index in [0.717, 1.165) is 70.6 Å². The van der Waals surface area contributed by atoms with Crippen LogP contribution in [-0.4, -0.2) is 12.1 Å². The van der Waals surface area contributed by atoms with Crippen LogP contribution in [-0.2, 0) is 16.0 Å². The Morgan fingerprint density at radius 1 is 1.09 bits per heavy atom. The molecule has 2 aliphatic rings. The summed E-state index contributed by atoms with van der Waals surface area (Å²) in [6, 6.07) is 10.4. The number of hydrogen-bond acceptors (Lipinski definition) is 3. The number of esters is 1. The highest BCUT2D eigenvalue weighted by Gasteiger charge is 2.31. The van der Waals surface area contributed by atoms with Gasteiger partial charge in [-0.15, -0.1) is 0 Å². The third kappa shape index (κ3) is 7.33. The van der Waals surface area contributed by atoms with E-state index in [0.29, 0.717) is 11.8 Å². The number of hydrogen-bond donors (Lipinski definition) is 0. The first kappa shape index (κ1) is 24.2. The van der Waals surface area contributed by atoms with E-state index < -0.39 is 5.83 Å². The molecule has 2 fully saturated rings. The largest absolute Gasteiger partial charge is 0.462 e. The molecule has 0 heterocycles. The van der Waals surface area contributed by atoms with Crippen LogP contribution in [0.25, 0.3) is 0 Å². The van der Waals surface area contributed by atoms with Crippen molar-refractivity contribution < 1.29 is 13.9 Å². The van der Waals surface area contributed by atoms with Crippen LogP contribution in [0.3, 0.4) is 0 Å². The summed E-state index contributed by atoms with van der Waals surface area (Å²) < 4.78 is 18.6. The molecule has 172 valence electrons. The second kappa shape index (κ2) is 12.6. The lowest BCUT2D eigenvalue weighted by atomic mass is 9.78. The molecule has 0 saturated heterocycles. The SMILES string of the molecule is CCc1ccc(C2CCC(C(=O)OC3CCC(CCC=CC=C(F)C#N)CC3)CC2)cc1. The molecule has 0 aliphatic heterocycles. The molecule has 0 amide bonds. The van der Waals surface area contributed by atoms with Crippen molar-refractivity contribution in [2.24, 2.45) is 11.8 Å². The van der Waals surface area contributed by atoms with E-state index >= 15 is 0 Å². The molecule has 0 spiro atoms. The van der Waals surface area contributed by atoms with Crippen molar-refractivity contribution in [1.82, 2.24) is 0 Å². The van der Waals surface area contributed by atoms with Gasteiger partial charge in [0, 0.05) is 0 Å². The zero-order chi connectivity index (χ0) is 22.8. The fraction of sp³-hybridized carbons (Fsp3) is 0.571. The summed E-state index contributed by atoms with van der Waals surface area (Å²) in [6.45, 7) is 2.18. The summed E-state index contributed by atoms with van der Waals surface area (Å²) in [5.41, 5.74) is 2.79. The monoisotopic (exact) mass is 437 g/mol. The molecule has 0 N–H and O–H groups in total. The van der Waals surface area contributed by atoms with Gasteiger partial charge in [0.05, 0.1) is 5.92 Å². The molecule has 3 rings (SSSR count). The fourth-order valence-electron chi connectivity index (χ4n) is 5.10. The van der Waals surface area contributed by atoms with Gasteiger partial charge in [-0.3, -0.25) is 4.79 Å². The van der Waals surface area contributed by atoms with E-state index in [4.69, 9.17) is 10.00 Å². The second-order valence-corrected chi connectivity index (χ2v) is 9.36. The molecule has 3 nitrogen and oxygen atoms in total. The summed E-state index contributed by atoms with van der Waals surface area (Å²) in [4.78, 5) is 12.7. The zero-order valence-electron chi connectivity index (χ0n) is 19.3. The molecule has 0 atom stereocenters. The van der Waals surface area contributed by atoms with Crippen LogP contribution in [0.5, 0.6) is 0 Å². The number of aryl methyl sites for hydroxylation is 1. The van der Waals surface area contributed by atoms with Gasteiger partial charge in [0.2, 0.25) is 0 Å². The summed E-state index contributed by atoms with van der Waals surface area (Å²) >= 11 is 0. The highest BCUT2D eigenvalue weighted by Crippen LogP contribution is 2.37. The highest BCUT2D eigenvalue weighted by atomic mass is 19.1. The Hall–Kier alpha value is -2.41. The Labute approximate surface area is 192 Å². The third-order valence-electron chi connectivity index (χ3n) is 7.22. The normalized spacial score (nSPS) is 26.6. The van der Waals surface area contributed by atoms with E-state index in [1.165, 1.54) is 23.3 Å². The maximum Gasteiger partial charge on any atom is 0.309 e. The van der Waals surface area contributed by atoms with Crippen LogP contribution in [0.2, 0.25) is 0 Å². The fourth-order valence-corrected chi connectivity index (χ4v) is 5.10. The number of carbonyl (C=O) groups is 1. The van der Waals surface area contributed by atoms with Gasteiger partial charge in [-0.2, -0.15) is 9.65 Å². The first-order chi connectivity index (χ1) is 15.6. The van der Waals surface area contributed by atoms with E-state index in [-0.39, 0.29) is 18.0 Å². The third-order valence-corrected chi connectivity index (χ3v) is 7.22. The average Bonchev–Trinajstić information content (AvgIpc) is 2.84.